The summed E-state index contributed by atoms with van der Waals surface area (Å²) >= 11 is 0. The van der Waals surface area contributed by atoms with Gasteiger partial charge in [0.05, 0.1) is 19.0 Å². The molecule has 0 aliphatic rings. The molecule has 0 aliphatic heterocycles. The zero-order valence-corrected chi connectivity index (χ0v) is 10.7. The third kappa shape index (κ3) is 3.31. The zero-order chi connectivity index (χ0) is 13.7. The van der Waals surface area contributed by atoms with Gasteiger partial charge < -0.3 is 10.5 Å². The van der Waals surface area contributed by atoms with Crippen LogP contribution in [-0.4, -0.2) is 28.1 Å². The van der Waals surface area contributed by atoms with Crippen LogP contribution in [0.2, 0.25) is 0 Å². The molecule has 2 aromatic rings. The number of nitrogens with two attached hydrogens (primary N) is 1. The van der Waals surface area contributed by atoms with E-state index in [0.29, 0.717) is 25.1 Å². The number of nitrogen functional groups attached to an aromatic ring is 1. The topological polar surface area (TPSA) is 83.0 Å². The van der Waals surface area contributed by atoms with Crippen molar-refractivity contribution in [2.45, 2.75) is 19.4 Å². The number of anilines is 1. The maximum atomic E-state index is 11.1. The fourth-order valence-electron chi connectivity index (χ4n) is 1.78. The molecule has 0 bridgehead atoms. The Balaban J connectivity index is 2.05. The molecule has 1 heterocycles. The van der Waals surface area contributed by atoms with E-state index in [9.17, 15) is 4.79 Å². The number of aromatic nitrogens is 3. The van der Waals surface area contributed by atoms with Crippen LogP contribution in [0.15, 0.2) is 30.5 Å². The maximum Gasteiger partial charge on any atom is 0.305 e. The van der Waals surface area contributed by atoms with E-state index in [2.05, 4.69) is 15.0 Å². The number of carbonyl (C=O) groups is 1. The summed E-state index contributed by atoms with van der Waals surface area (Å²) in [6, 6.07) is 7.51. The average Bonchev–Trinajstić information content (AvgIpc) is 2.88. The van der Waals surface area contributed by atoms with Gasteiger partial charge in [-0.15, -0.1) is 5.10 Å². The van der Waals surface area contributed by atoms with Crippen LogP contribution in [0.25, 0.3) is 11.3 Å². The fraction of sp³-hybridized carbons (Fsp3) is 0.308. The first kappa shape index (κ1) is 13.1. The van der Waals surface area contributed by atoms with Crippen LogP contribution < -0.4 is 5.73 Å². The average molecular weight is 260 g/mol. The van der Waals surface area contributed by atoms with E-state index in [1.165, 1.54) is 7.11 Å². The fourth-order valence-corrected chi connectivity index (χ4v) is 1.78. The van der Waals surface area contributed by atoms with Gasteiger partial charge in [0.2, 0.25) is 0 Å². The number of aryl methyl sites for hydroxylation is 1. The molecule has 2 N–H and O–H groups in total. The van der Waals surface area contributed by atoms with Crippen molar-refractivity contribution in [2.75, 3.05) is 12.8 Å². The zero-order valence-electron chi connectivity index (χ0n) is 10.7. The van der Waals surface area contributed by atoms with Gasteiger partial charge in [0.1, 0.15) is 0 Å². The molecule has 0 saturated heterocycles. The van der Waals surface area contributed by atoms with Crippen molar-refractivity contribution in [3.05, 3.63) is 30.5 Å². The van der Waals surface area contributed by atoms with E-state index in [4.69, 9.17) is 5.73 Å². The number of methoxy groups -OCH3 is 1. The Bertz CT molecular complexity index is 548. The van der Waals surface area contributed by atoms with Crippen molar-refractivity contribution < 1.29 is 9.53 Å². The molecule has 1 aromatic carbocycles. The van der Waals surface area contributed by atoms with Crippen LogP contribution in [0.5, 0.6) is 0 Å². The Hall–Kier alpha value is -2.37. The Morgan fingerprint density at radius 3 is 2.79 bits per heavy atom. The number of rotatable bonds is 5. The molecule has 0 amide bonds. The van der Waals surface area contributed by atoms with E-state index >= 15 is 0 Å². The van der Waals surface area contributed by atoms with Gasteiger partial charge in [-0.05, 0) is 18.6 Å². The van der Waals surface area contributed by atoms with Gasteiger partial charge in [0.15, 0.2) is 0 Å². The smallest absolute Gasteiger partial charge is 0.305 e. The molecule has 1 aromatic heterocycles. The van der Waals surface area contributed by atoms with E-state index in [1.54, 1.807) is 10.9 Å². The van der Waals surface area contributed by atoms with Crippen molar-refractivity contribution in [1.82, 2.24) is 15.0 Å². The van der Waals surface area contributed by atoms with E-state index in [1.807, 2.05) is 24.3 Å². The second kappa shape index (κ2) is 5.99. The summed E-state index contributed by atoms with van der Waals surface area (Å²) in [6.45, 7) is 0.620. The van der Waals surface area contributed by atoms with Crippen LogP contribution in [0.1, 0.15) is 12.8 Å². The molecule has 0 atom stereocenters. The monoisotopic (exact) mass is 260 g/mol. The molecule has 100 valence electrons. The first-order valence-electron chi connectivity index (χ1n) is 6.02. The third-order valence-corrected chi connectivity index (χ3v) is 2.80. The minimum atomic E-state index is -0.214. The number of ether oxygens (including phenoxy) is 1. The quantitative estimate of drug-likeness (QED) is 0.650. The SMILES string of the molecule is COC(=O)CCCn1nncc1-c1ccc(N)cc1. The van der Waals surface area contributed by atoms with Gasteiger partial charge in [0, 0.05) is 24.2 Å². The number of carbonyl (C=O) groups excluding carboxylic acids is 1. The lowest BCUT2D eigenvalue weighted by molar-refractivity contribution is -0.140. The largest absolute Gasteiger partial charge is 0.469 e. The van der Waals surface area contributed by atoms with E-state index in [0.717, 1.165) is 11.3 Å². The number of hydrogen-bond acceptors (Lipinski definition) is 5. The second-order valence-corrected chi connectivity index (χ2v) is 4.14. The van der Waals surface area contributed by atoms with Crippen molar-refractivity contribution in [2.24, 2.45) is 0 Å². The summed E-state index contributed by atoms with van der Waals surface area (Å²) in [4.78, 5) is 11.1. The molecular formula is C13H16N4O2. The summed E-state index contributed by atoms with van der Waals surface area (Å²) in [5.41, 5.74) is 8.28. The van der Waals surface area contributed by atoms with Crippen LogP contribution in [-0.2, 0) is 16.1 Å². The normalized spacial score (nSPS) is 10.4. The molecule has 0 unspecified atom stereocenters. The first-order chi connectivity index (χ1) is 9.20. The Morgan fingerprint density at radius 1 is 1.37 bits per heavy atom. The number of esters is 1. The summed E-state index contributed by atoms with van der Waals surface area (Å²) in [6.07, 6.45) is 2.74. The number of nitrogens with zero attached hydrogens (tertiary/aromatic N) is 3. The maximum absolute atomic E-state index is 11.1. The lowest BCUT2D eigenvalue weighted by Gasteiger charge is -2.06. The molecule has 0 spiro atoms. The Morgan fingerprint density at radius 2 is 2.11 bits per heavy atom. The van der Waals surface area contributed by atoms with Gasteiger partial charge in [-0.1, -0.05) is 17.3 Å². The van der Waals surface area contributed by atoms with Gasteiger partial charge in [-0.2, -0.15) is 0 Å². The highest BCUT2D eigenvalue weighted by Crippen LogP contribution is 2.19. The van der Waals surface area contributed by atoms with Gasteiger partial charge in [-0.3, -0.25) is 4.79 Å². The Kier molecular flexibility index (Phi) is 4.12. The van der Waals surface area contributed by atoms with Gasteiger partial charge in [-0.25, -0.2) is 4.68 Å². The summed E-state index contributed by atoms with van der Waals surface area (Å²) in [5, 5.41) is 7.93. The molecule has 0 saturated carbocycles. The highest BCUT2D eigenvalue weighted by molar-refractivity contribution is 5.69. The summed E-state index contributed by atoms with van der Waals surface area (Å²) in [7, 11) is 1.39. The van der Waals surface area contributed by atoms with Crippen molar-refractivity contribution >= 4 is 11.7 Å². The first-order valence-corrected chi connectivity index (χ1v) is 6.02. The third-order valence-electron chi connectivity index (χ3n) is 2.80. The summed E-state index contributed by atoms with van der Waals surface area (Å²) in [5.74, 6) is -0.214. The van der Waals surface area contributed by atoms with Crippen molar-refractivity contribution in [1.29, 1.82) is 0 Å². The van der Waals surface area contributed by atoms with E-state index in [-0.39, 0.29) is 5.97 Å². The molecule has 6 nitrogen and oxygen atoms in total. The Labute approximate surface area is 111 Å². The predicted octanol–water partition coefficient (Wildman–Crippen LogP) is 1.48. The highest BCUT2D eigenvalue weighted by Gasteiger charge is 2.07. The highest BCUT2D eigenvalue weighted by atomic mass is 16.5. The predicted molar refractivity (Wildman–Crippen MR) is 71.1 cm³/mol. The number of hydrogen-bond donors (Lipinski definition) is 1. The van der Waals surface area contributed by atoms with Crippen LogP contribution >= 0.6 is 0 Å². The van der Waals surface area contributed by atoms with Crippen molar-refractivity contribution in [3.8, 4) is 11.3 Å². The van der Waals surface area contributed by atoms with E-state index < -0.39 is 0 Å². The molecule has 19 heavy (non-hydrogen) atoms. The standard InChI is InChI=1S/C13H16N4O2/c1-19-13(18)3-2-8-17-12(9-15-16-17)10-4-6-11(14)7-5-10/h4-7,9H,2-3,8,14H2,1H3. The molecule has 0 aliphatic carbocycles. The molecule has 0 radical (unpaired) electrons. The molecule has 2 rings (SSSR count). The van der Waals surface area contributed by atoms with Crippen molar-refractivity contribution in [3.63, 3.8) is 0 Å². The van der Waals surface area contributed by atoms with Gasteiger partial charge in [0.25, 0.3) is 0 Å². The lowest BCUT2D eigenvalue weighted by Crippen LogP contribution is -2.06. The van der Waals surface area contributed by atoms with Crippen LogP contribution in [0.4, 0.5) is 5.69 Å². The molecule has 6 heteroatoms. The minimum Gasteiger partial charge on any atom is -0.469 e. The van der Waals surface area contributed by atoms with Gasteiger partial charge >= 0.3 is 5.97 Å². The van der Waals surface area contributed by atoms with Crippen LogP contribution in [0, 0.1) is 0 Å². The molecule has 0 fully saturated rings. The second-order valence-electron chi connectivity index (χ2n) is 4.14. The lowest BCUT2D eigenvalue weighted by atomic mass is 10.1. The minimum absolute atomic E-state index is 0.214. The van der Waals surface area contributed by atoms with Crippen LogP contribution in [0.3, 0.4) is 0 Å². The number of benzene rings is 1. The molecular weight excluding hydrogens is 244 g/mol. The summed E-state index contributed by atoms with van der Waals surface area (Å²) < 4.78 is 6.37.